The number of hydrogen-bond donors (Lipinski definition) is 1. The Labute approximate surface area is 179 Å². The average molecular weight is 409 g/mol. The largest absolute Gasteiger partial charge is 0.342 e. The fraction of sp³-hybridized carbons (Fsp3) is 0.320. The molecule has 152 valence electrons. The monoisotopic (exact) mass is 408 g/mol. The molecule has 1 heterocycles. The van der Waals surface area contributed by atoms with Crippen molar-refractivity contribution in [1.29, 1.82) is 0 Å². The van der Waals surface area contributed by atoms with E-state index in [9.17, 15) is 4.79 Å². The molecule has 0 radical (unpaired) electrons. The highest BCUT2D eigenvalue weighted by Gasteiger charge is 2.34. The highest BCUT2D eigenvalue weighted by molar-refractivity contribution is 5.86. The van der Waals surface area contributed by atoms with E-state index in [1.165, 1.54) is 21.9 Å². The summed E-state index contributed by atoms with van der Waals surface area (Å²) in [4.78, 5) is 14.0. The van der Waals surface area contributed by atoms with Gasteiger partial charge in [0.25, 0.3) is 0 Å². The summed E-state index contributed by atoms with van der Waals surface area (Å²) in [5.41, 5.74) is 2.66. The van der Waals surface area contributed by atoms with Gasteiger partial charge in [0, 0.05) is 38.5 Å². The summed E-state index contributed by atoms with van der Waals surface area (Å²) in [7, 11) is 0. The Morgan fingerprint density at radius 2 is 1.69 bits per heavy atom. The first-order valence-corrected chi connectivity index (χ1v) is 10.1. The molecule has 1 N–H and O–H groups in total. The molecular formula is C25H29ClN2O. The van der Waals surface area contributed by atoms with Gasteiger partial charge in [-0.2, -0.15) is 0 Å². The molecule has 1 aliphatic rings. The number of rotatable bonds is 5. The second-order valence-electron chi connectivity index (χ2n) is 7.90. The quantitative estimate of drug-likeness (QED) is 0.631. The van der Waals surface area contributed by atoms with Crippen molar-refractivity contribution >= 4 is 29.1 Å². The number of nitrogens with zero attached hydrogens (tertiary/aromatic N) is 1. The van der Waals surface area contributed by atoms with E-state index in [1.54, 1.807) is 6.92 Å². The Bertz CT molecular complexity index is 954. The number of benzene rings is 3. The third-order valence-corrected chi connectivity index (χ3v) is 6.09. The number of amides is 1. The standard InChI is InChI=1S/C25H28N2O.ClH/c1-18(23-14-8-12-20-11-6-7-13-24(20)23)26-15-22-16-27(19(2)28)17-25(22)21-9-4-3-5-10-21;/h3-14,18,22,25-26H,15-17H2,1-2H3;1H. The zero-order valence-corrected chi connectivity index (χ0v) is 17.9. The molecule has 0 spiro atoms. The van der Waals surface area contributed by atoms with Gasteiger partial charge in [0.15, 0.2) is 0 Å². The third-order valence-electron chi connectivity index (χ3n) is 6.09. The molecule has 0 bridgehead atoms. The maximum absolute atomic E-state index is 12.0. The van der Waals surface area contributed by atoms with Gasteiger partial charge in [0.1, 0.15) is 0 Å². The maximum Gasteiger partial charge on any atom is 0.219 e. The summed E-state index contributed by atoms with van der Waals surface area (Å²) in [5.74, 6) is 0.978. The lowest BCUT2D eigenvalue weighted by molar-refractivity contribution is -0.127. The first kappa shape index (κ1) is 21.4. The van der Waals surface area contributed by atoms with Crippen LogP contribution < -0.4 is 5.32 Å². The molecular weight excluding hydrogens is 380 g/mol. The molecule has 1 amide bonds. The van der Waals surface area contributed by atoms with Crippen molar-refractivity contribution in [2.45, 2.75) is 25.8 Å². The van der Waals surface area contributed by atoms with Crippen molar-refractivity contribution in [2.24, 2.45) is 5.92 Å². The lowest BCUT2D eigenvalue weighted by Crippen LogP contribution is -2.31. The number of carbonyl (C=O) groups is 1. The summed E-state index contributed by atoms with van der Waals surface area (Å²) in [6.45, 7) is 6.44. The van der Waals surface area contributed by atoms with Crippen LogP contribution in [0.4, 0.5) is 0 Å². The van der Waals surface area contributed by atoms with Crippen LogP contribution in [0.25, 0.3) is 10.8 Å². The number of hydrogen-bond acceptors (Lipinski definition) is 2. The van der Waals surface area contributed by atoms with Crippen LogP contribution in [-0.4, -0.2) is 30.4 Å². The van der Waals surface area contributed by atoms with Gasteiger partial charge < -0.3 is 10.2 Å². The SMILES string of the molecule is CC(=O)N1CC(CNC(C)c2cccc3ccccc23)C(c2ccccc2)C1.Cl. The number of halogens is 1. The van der Waals surface area contributed by atoms with Crippen molar-refractivity contribution in [3.8, 4) is 0 Å². The predicted octanol–water partition coefficient (Wildman–Crippen LogP) is 5.17. The van der Waals surface area contributed by atoms with Gasteiger partial charge in [-0.25, -0.2) is 0 Å². The zero-order chi connectivity index (χ0) is 19.5. The van der Waals surface area contributed by atoms with Crippen LogP contribution in [0.5, 0.6) is 0 Å². The molecule has 3 nitrogen and oxygen atoms in total. The van der Waals surface area contributed by atoms with Crippen LogP contribution in [0, 0.1) is 5.92 Å². The number of fused-ring (bicyclic) bond motifs is 1. The van der Waals surface area contributed by atoms with Gasteiger partial charge in [0.05, 0.1) is 0 Å². The lowest BCUT2D eigenvalue weighted by Gasteiger charge is -2.23. The van der Waals surface area contributed by atoms with Crippen molar-refractivity contribution in [1.82, 2.24) is 10.2 Å². The summed E-state index contributed by atoms with van der Waals surface area (Å²) in [6.07, 6.45) is 0. The Morgan fingerprint density at radius 1 is 1.00 bits per heavy atom. The van der Waals surface area contributed by atoms with E-state index in [2.05, 4.69) is 85.0 Å². The molecule has 3 aromatic rings. The molecule has 4 rings (SSSR count). The number of carbonyl (C=O) groups excluding carboxylic acids is 1. The van der Waals surface area contributed by atoms with E-state index in [-0.39, 0.29) is 24.4 Å². The fourth-order valence-electron chi connectivity index (χ4n) is 4.48. The second kappa shape index (κ2) is 9.43. The smallest absolute Gasteiger partial charge is 0.219 e. The maximum atomic E-state index is 12.0. The van der Waals surface area contributed by atoms with Gasteiger partial charge in [-0.1, -0.05) is 72.8 Å². The van der Waals surface area contributed by atoms with Crippen molar-refractivity contribution in [2.75, 3.05) is 19.6 Å². The van der Waals surface area contributed by atoms with Crippen LogP contribution in [-0.2, 0) is 4.79 Å². The molecule has 0 saturated carbocycles. The topological polar surface area (TPSA) is 32.3 Å². The Kier molecular flexibility index (Phi) is 6.94. The molecule has 3 atom stereocenters. The Morgan fingerprint density at radius 3 is 2.45 bits per heavy atom. The molecule has 3 unspecified atom stereocenters. The Hall–Kier alpha value is -2.36. The zero-order valence-electron chi connectivity index (χ0n) is 17.0. The van der Waals surface area contributed by atoms with Gasteiger partial charge in [-0.3, -0.25) is 4.79 Å². The van der Waals surface area contributed by atoms with Crippen molar-refractivity contribution in [3.63, 3.8) is 0 Å². The predicted molar refractivity (Wildman–Crippen MR) is 123 cm³/mol. The highest BCUT2D eigenvalue weighted by Crippen LogP contribution is 2.33. The van der Waals surface area contributed by atoms with E-state index in [0.29, 0.717) is 11.8 Å². The Balaban J connectivity index is 0.00000240. The molecule has 3 aromatic carbocycles. The van der Waals surface area contributed by atoms with Gasteiger partial charge in [-0.05, 0) is 34.7 Å². The van der Waals surface area contributed by atoms with Gasteiger partial charge >= 0.3 is 0 Å². The molecule has 1 fully saturated rings. The van der Waals surface area contributed by atoms with Crippen molar-refractivity contribution in [3.05, 3.63) is 83.9 Å². The molecule has 29 heavy (non-hydrogen) atoms. The minimum absolute atomic E-state index is 0. The van der Waals surface area contributed by atoms with E-state index >= 15 is 0 Å². The van der Waals surface area contributed by atoms with Crippen molar-refractivity contribution < 1.29 is 4.79 Å². The second-order valence-corrected chi connectivity index (χ2v) is 7.90. The highest BCUT2D eigenvalue weighted by atomic mass is 35.5. The van der Waals surface area contributed by atoms with E-state index < -0.39 is 0 Å². The van der Waals surface area contributed by atoms with Crippen LogP contribution in [0.1, 0.15) is 36.9 Å². The molecule has 1 saturated heterocycles. The van der Waals surface area contributed by atoms with Gasteiger partial charge in [-0.15, -0.1) is 12.4 Å². The first-order valence-electron chi connectivity index (χ1n) is 10.1. The number of likely N-dealkylation sites (tertiary alicyclic amines) is 1. The van der Waals surface area contributed by atoms with Crippen LogP contribution >= 0.6 is 12.4 Å². The first-order chi connectivity index (χ1) is 13.6. The molecule has 1 aliphatic heterocycles. The minimum atomic E-state index is 0. The normalized spacial score (nSPS) is 19.7. The van der Waals surface area contributed by atoms with E-state index in [4.69, 9.17) is 0 Å². The molecule has 0 aliphatic carbocycles. The average Bonchev–Trinajstić information content (AvgIpc) is 3.17. The lowest BCUT2D eigenvalue weighted by atomic mass is 9.88. The summed E-state index contributed by atoms with van der Waals surface area (Å²) < 4.78 is 0. The van der Waals surface area contributed by atoms with Crippen LogP contribution in [0.15, 0.2) is 72.8 Å². The summed E-state index contributed by atoms with van der Waals surface area (Å²) in [5, 5.41) is 6.34. The number of nitrogens with one attached hydrogen (secondary N) is 1. The summed E-state index contributed by atoms with van der Waals surface area (Å²) >= 11 is 0. The van der Waals surface area contributed by atoms with E-state index in [0.717, 1.165) is 19.6 Å². The van der Waals surface area contributed by atoms with Crippen LogP contribution in [0.2, 0.25) is 0 Å². The van der Waals surface area contributed by atoms with Gasteiger partial charge in [0.2, 0.25) is 5.91 Å². The third kappa shape index (κ3) is 4.63. The van der Waals surface area contributed by atoms with E-state index in [1.807, 2.05) is 4.90 Å². The molecule has 0 aromatic heterocycles. The fourth-order valence-corrected chi connectivity index (χ4v) is 4.48. The molecule has 4 heteroatoms. The van der Waals surface area contributed by atoms with Crippen LogP contribution in [0.3, 0.4) is 0 Å². The summed E-state index contributed by atoms with van der Waals surface area (Å²) in [6, 6.07) is 25.9. The minimum Gasteiger partial charge on any atom is -0.342 e.